The molecule has 1 saturated heterocycles. The van der Waals surface area contributed by atoms with E-state index in [1.807, 2.05) is 29.2 Å². The van der Waals surface area contributed by atoms with E-state index in [0.29, 0.717) is 30.6 Å². The van der Waals surface area contributed by atoms with Gasteiger partial charge in [0, 0.05) is 33.6 Å². The van der Waals surface area contributed by atoms with Crippen LogP contribution in [-0.4, -0.2) is 43.1 Å². The lowest BCUT2D eigenvalue weighted by Gasteiger charge is -2.25. The van der Waals surface area contributed by atoms with Gasteiger partial charge in [0.25, 0.3) is 5.56 Å². The van der Waals surface area contributed by atoms with Crippen molar-refractivity contribution in [3.63, 3.8) is 0 Å². The highest BCUT2D eigenvalue weighted by molar-refractivity contribution is 5.77. The molecule has 164 valence electrons. The van der Waals surface area contributed by atoms with Crippen molar-refractivity contribution in [2.24, 2.45) is 14.1 Å². The largest absolute Gasteiger partial charge is 0.497 e. The van der Waals surface area contributed by atoms with Crippen molar-refractivity contribution in [3.8, 4) is 5.75 Å². The number of imidazole rings is 1. The number of benzene rings is 1. The molecule has 9 nitrogen and oxygen atoms in total. The van der Waals surface area contributed by atoms with Gasteiger partial charge in [0.2, 0.25) is 5.91 Å². The van der Waals surface area contributed by atoms with E-state index in [2.05, 4.69) is 4.98 Å². The molecular formula is C22H27N5O4. The van der Waals surface area contributed by atoms with Gasteiger partial charge in [-0.05, 0) is 37.0 Å². The minimum absolute atomic E-state index is 0.0919. The summed E-state index contributed by atoms with van der Waals surface area (Å²) < 4.78 is 9.40. The molecule has 0 unspecified atom stereocenters. The highest BCUT2D eigenvalue weighted by atomic mass is 16.5. The first kappa shape index (κ1) is 20.9. The van der Waals surface area contributed by atoms with Crippen molar-refractivity contribution < 1.29 is 9.53 Å². The van der Waals surface area contributed by atoms with E-state index in [9.17, 15) is 14.4 Å². The Bertz CT molecular complexity index is 1220. The first-order valence-corrected chi connectivity index (χ1v) is 10.5. The molecule has 1 atom stereocenters. The number of rotatable bonds is 6. The lowest BCUT2D eigenvalue weighted by Crippen LogP contribution is -2.37. The lowest BCUT2D eigenvalue weighted by atomic mass is 10.0. The fourth-order valence-corrected chi connectivity index (χ4v) is 4.35. The van der Waals surface area contributed by atoms with Crippen LogP contribution in [0.3, 0.4) is 0 Å². The number of hydrogen-bond acceptors (Lipinski definition) is 5. The number of hydrogen-bond donors (Lipinski definition) is 0. The van der Waals surface area contributed by atoms with Crippen LogP contribution in [0.5, 0.6) is 5.75 Å². The average Bonchev–Trinajstić information content (AvgIpc) is 3.44. The maximum Gasteiger partial charge on any atom is 0.332 e. The molecule has 0 saturated carbocycles. The summed E-state index contributed by atoms with van der Waals surface area (Å²) in [4.78, 5) is 43.7. The molecule has 0 bridgehead atoms. The number of amides is 1. The fraction of sp³-hybridized carbons (Fsp3) is 0.455. The third kappa shape index (κ3) is 3.75. The van der Waals surface area contributed by atoms with Gasteiger partial charge < -0.3 is 14.2 Å². The van der Waals surface area contributed by atoms with Crippen LogP contribution >= 0.6 is 0 Å². The zero-order valence-corrected chi connectivity index (χ0v) is 18.1. The van der Waals surface area contributed by atoms with Crippen LogP contribution in [0.4, 0.5) is 0 Å². The molecule has 2 aromatic heterocycles. The summed E-state index contributed by atoms with van der Waals surface area (Å²) in [5.41, 5.74) is 1.09. The maximum atomic E-state index is 12.9. The van der Waals surface area contributed by atoms with E-state index in [4.69, 9.17) is 4.74 Å². The Balaban J connectivity index is 1.44. The number of nitrogens with zero attached hydrogens (tertiary/aromatic N) is 5. The number of ether oxygens (including phenoxy) is 1. The molecule has 1 fully saturated rings. The fourth-order valence-electron chi connectivity index (χ4n) is 4.35. The summed E-state index contributed by atoms with van der Waals surface area (Å²) in [5.74, 6) is 0.916. The smallest absolute Gasteiger partial charge is 0.332 e. The van der Waals surface area contributed by atoms with E-state index in [1.54, 1.807) is 25.1 Å². The van der Waals surface area contributed by atoms with Gasteiger partial charge in [0.05, 0.1) is 19.5 Å². The molecular weight excluding hydrogens is 398 g/mol. The van der Waals surface area contributed by atoms with Gasteiger partial charge in [0.1, 0.15) is 5.75 Å². The van der Waals surface area contributed by atoms with Crippen molar-refractivity contribution in [1.82, 2.24) is 23.6 Å². The van der Waals surface area contributed by atoms with Crippen molar-refractivity contribution in [3.05, 3.63) is 57.0 Å². The minimum atomic E-state index is -0.406. The summed E-state index contributed by atoms with van der Waals surface area (Å²) in [6.45, 7) is 1.24. The number of aromatic nitrogens is 4. The highest BCUT2D eigenvalue weighted by Gasteiger charge is 2.29. The SMILES string of the molecule is COc1ccc([C@@H]2CCCN2C(=O)CCCn2cnc3c2c(=O)n(C)c(=O)n3C)cc1. The maximum absolute atomic E-state index is 12.9. The Morgan fingerprint density at radius 2 is 1.90 bits per heavy atom. The first-order chi connectivity index (χ1) is 14.9. The monoisotopic (exact) mass is 425 g/mol. The molecule has 3 aromatic rings. The van der Waals surface area contributed by atoms with Gasteiger partial charge >= 0.3 is 5.69 Å². The Hall–Kier alpha value is -3.36. The summed E-state index contributed by atoms with van der Waals surface area (Å²) in [6, 6.07) is 7.98. The molecule has 1 aromatic carbocycles. The number of carbonyl (C=O) groups excluding carboxylic acids is 1. The van der Waals surface area contributed by atoms with Crippen LogP contribution in [0.25, 0.3) is 11.2 Å². The molecule has 0 aliphatic carbocycles. The van der Waals surface area contributed by atoms with Crippen LogP contribution in [-0.2, 0) is 25.4 Å². The number of methoxy groups -OCH3 is 1. The van der Waals surface area contributed by atoms with Crippen molar-refractivity contribution in [1.29, 1.82) is 0 Å². The molecule has 3 heterocycles. The zero-order valence-electron chi connectivity index (χ0n) is 18.1. The molecule has 1 amide bonds. The Kier molecular flexibility index (Phi) is 5.67. The van der Waals surface area contributed by atoms with Gasteiger partial charge in [-0.2, -0.15) is 0 Å². The van der Waals surface area contributed by atoms with Crippen molar-refractivity contribution in [2.75, 3.05) is 13.7 Å². The first-order valence-electron chi connectivity index (χ1n) is 10.5. The summed E-state index contributed by atoms with van der Waals surface area (Å²) in [6.07, 6.45) is 4.47. The third-order valence-corrected chi connectivity index (χ3v) is 6.08. The number of aryl methyl sites for hydroxylation is 2. The van der Waals surface area contributed by atoms with Gasteiger partial charge in [-0.15, -0.1) is 0 Å². The van der Waals surface area contributed by atoms with Crippen LogP contribution < -0.4 is 16.0 Å². The average molecular weight is 425 g/mol. The normalized spacial score (nSPS) is 16.2. The van der Waals surface area contributed by atoms with E-state index in [-0.39, 0.29) is 17.5 Å². The Morgan fingerprint density at radius 3 is 2.61 bits per heavy atom. The predicted octanol–water partition coefficient (Wildman–Crippen LogP) is 1.59. The zero-order chi connectivity index (χ0) is 22.1. The molecule has 1 aliphatic heterocycles. The van der Waals surface area contributed by atoms with E-state index < -0.39 is 5.69 Å². The standard InChI is InChI=1S/C22H27N5O4/c1-24-20-19(21(29)25(2)22(24)30)26(14-23-20)12-5-7-18(28)27-13-4-6-17(27)15-8-10-16(31-3)11-9-15/h8-11,14,17H,4-7,12-13H2,1-3H3/t17-/m0/s1. The molecule has 31 heavy (non-hydrogen) atoms. The van der Waals surface area contributed by atoms with E-state index in [1.165, 1.54) is 11.6 Å². The molecule has 4 rings (SSSR count). The second kappa shape index (κ2) is 8.41. The van der Waals surface area contributed by atoms with Crippen molar-refractivity contribution >= 4 is 17.1 Å². The minimum Gasteiger partial charge on any atom is -0.497 e. The number of fused-ring (bicyclic) bond motifs is 1. The van der Waals surface area contributed by atoms with Crippen LogP contribution in [0, 0.1) is 0 Å². The molecule has 0 radical (unpaired) electrons. The van der Waals surface area contributed by atoms with Crippen LogP contribution in [0.1, 0.15) is 37.3 Å². The lowest BCUT2D eigenvalue weighted by molar-refractivity contribution is -0.132. The number of likely N-dealkylation sites (tertiary alicyclic amines) is 1. The summed E-state index contributed by atoms with van der Waals surface area (Å²) in [7, 11) is 4.69. The van der Waals surface area contributed by atoms with Crippen molar-refractivity contribution in [2.45, 2.75) is 38.3 Å². The van der Waals surface area contributed by atoms with Gasteiger partial charge in [-0.3, -0.25) is 18.7 Å². The molecule has 0 spiro atoms. The van der Waals surface area contributed by atoms with E-state index >= 15 is 0 Å². The van der Waals surface area contributed by atoms with Crippen LogP contribution in [0.15, 0.2) is 40.2 Å². The van der Waals surface area contributed by atoms with Gasteiger partial charge in [-0.25, -0.2) is 9.78 Å². The quantitative estimate of drug-likeness (QED) is 0.598. The molecule has 9 heteroatoms. The third-order valence-electron chi connectivity index (χ3n) is 6.08. The topological polar surface area (TPSA) is 91.4 Å². The predicted molar refractivity (Wildman–Crippen MR) is 116 cm³/mol. The second-order valence-corrected chi connectivity index (χ2v) is 7.94. The van der Waals surface area contributed by atoms with Gasteiger partial charge in [-0.1, -0.05) is 12.1 Å². The number of carbonyl (C=O) groups is 1. The summed E-state index contributed by atoms with van der Waals surface area (Å²) >= 11 is 0. The molecule has 1 aliphatic rings. The summed E-state index contributed by atoms with van der Waals surface area (Å²) in [5, 5.41) is 0. The van der Waals surface area contributed by atoms with Crippen LogP contribution in [0.2, 0.25) is 0 Å². The second-order valence-electron chi connectivity index (χ2n) is 7.94. The Morgan fingerprint density at radius 1 is 1.16 bits per heavy atom. The Labute approximate surface area is 179 Å². The molecule has 0 N–H and O–H groups in total. The van der Waals surface area contributed by atoms with Gasteiger partial charge in [0.15, 0.2) is 11.2 Å². The highest BCUT2D eigenvalue weighted by Crippen LogP contribution is 2.33. The van der Waals surface area contributed by atoms with E-state index in [0.717, 1.165) is 35.3 Å².